The second-order valence-electron chi connectivity index (χ2n) is 22.4. The monoisotopic (exact) mass is 911 g/mol. The summed E-state index contributed by atoms with van der Waals surface area (Å²) in [5, 5.41) is 17.2. The molecule has 17 heteroatoms. The fourth-order valence-corrected chi connectivity index (χ4v) is 14.4. The van der Waals surface area contributed by atoms with Crippen molar-refractivity contribution in [3.63, 3.8) is 0 Å². The minimum Gasteiger partial charge on any atom is -0.100 e. The minimum atomic E-state index is 1.22. The van der Waals surface area contributed by atoms with Crippen molar-refractivity contribution in [2.45, 2.75) is 0 Å². The maximum atomic E-state index is 2.45. The first-order chi connectivity index (χ1) is 34.9. The van der Waals surface area contributed by atoms with E-state index in [4.69, 9.17) is 0 Å². The van der Waals surface area contributed by atoms with Crippen LogP contribution >= 0.6 is 0 Å². The fraction of sp³-hybridized carbons (Fsp3) is 0. The first kappa shape index (κ1) is 47.8. The van der Waals surface area contributed by atoms with Gasteiger partial charge in [0.05, 0.1) is 0 Å². The highest BCUT2D eigenvalue weighted by molar-refractivity contribution is 6.76. The molecule has 0 aliphatic rings. The van der Waals surface area contributed by atoms with Gasteiger partial charge in [-0.2, -0.15) is 0 Å². The van der Waals surface area contributed by atoms with Crippen molar-refractivity contribution in [3.05, 3.63) is 103 Å². The van der Waals surface area contributed by atoms with Crippen LogP contribution in [0.5, 0.6) is 0 Å². The Morgan fingerprint density at radius 2 is 0.384 bits per heavy atom. The van der Waals surface area contributed by atoms with Gasteiger partial charge in [-0.1, -0.05) is 178 Å². The molecule has 326 valence electrons. The second kappa shape index (κ2) is 16.9. The Morgan fingerprint density at radius 3 is 0.712 bits per heavy atom. The van der Waals surface area contributed by atoms with Gasteiger partial charge in [0.1, 0.15) is 133 Å². The summed E-state index contributed by atoms with van der Waals surface area (Å²) in [6, 6.07) is 39.1. The molecule has 0 heterocycles. The van der Waals surface area contributed by atoms with Crippen molar-refractivity contribution in [1.82, 2.24) is 0 Å². The molecule has 12 aromatic rings. The van der Waals surface area contributed by atoms with E-state index in [1.165, 1.54) is 213 Å². The molecule has 0 N–H and O–H groups in total. The predicted octanol–water partition coefficient (Wildman–Crippen LogP) is -13.8. The van der Waals surface area contributed by atoms with Crippen LogP contribution in [0, 0.1) is 0 Å². The van der Waals surface area contributed by atoms with Gasteiger partial charge in [-0.25, -0.2) is 0 Å². The third-order valence-electron chi connectivity index (χ3n) is 19.2. The minimum absolute atomic E-state index is 1.22. The van der Waals surface area contributed by atoms with E-state index in [2.05, 4.69) is 237 Å². The van der Waals surface area contributed by atoms with E-state index in [9.17, 15) is 0 Å². The van der Waals surface area contributed by atoms with E-state index >= 15 is 0 Å². The first-order valence-electron chi connectivity index (χ1n) is 26.6. The lowest BCUT2D eigenvalue weighted by Crippen LogP contribution is -2.48. The van der Waals surface area contributed by atoms with Crippen LogP contribution < -0.4 is 92.9 Å². The summed E-state index contributed by atoms with van der Waals surface area (Å²) in [4.78, 5) is 0. The van der Waals surface area contributed by atoms with E-state index in [0.717, 1.165) is 0 Å². The molecule has 0 aliphatic heterocycles. The van der Waals surface area contributed by atoms with Gasteiger partial charge in [0, 0.05) is 0 Å². The zero-order valence-electron chi connectivity index (χ0n) is 46.3. The average Bonchev–Trinajstić information content (AvgIpc) is 3.39. The van der Waals surface area contributed by atoms with Crippen LogP contribution in [0.4, 0.5) is 0 Å². The van der Waals surface area contributed by atoms with Gasteiger partial charge in [-0.15, -0.1) is 5.46 Å². The summed E-state index contributed by atoms with van der Waals surface area (Å²) < 4.78 is 0. The molecule has 73 heavy (non-hydrogen) atoms. The molecule has 0 amide bonds. The summed E-state index contributed by atoms with van der Waals surface area (Å²) in [6.45, 7) is 0. The Morgan fingerprint density at radius 1 is 0.151 bits per heavy atom. The lowest BCUT2D eigenvalue weighted by atomic mass is 9.58. The highest BCUT2D eigenvalue weighted by Gasteiger charge is 2.28. The molecule has 0 bridgehead atoms. The average molecular weight is 908 g/mol. The maximum Gasteiger partial charge on any atom is 0.139 e. The van der Waals surface area contributed by atoms with Crippen LogP contribution in [0.3, 0.4) is 0 Å². The van der Waals surface area contributed by atoms with Crippen molar-refractivity contribution in [1.29, 1.82) is 0 Å². The first-order valence-corrected chi connectivity index (χ1v) is 26.6. The van der Waals surface area contributed by atoms with Crippen LogP contribution in [0.25, 0.3) is 120 Å². The van der Waals surface area contributed by atoms with Crippen molar-refractivity contribution in [2.24, 2.45) is 0 Å². The molecule has 0 saturated carbocycles. The Hall–Kier alpha value is -6.18. The standard InChI is InChI=1S/C56H51B17/c57-40-25(20-6-2-1-3-7-20)32-28-29-33(44(61)50(67)35(28)46(40)63)26(41(58)47(64)36(29)49(66)43(32)60)23-10-4-8-21(16-23)18-12-14-19(15-13-18)22-9-5-11-24(17-22)27-34-30-31-38(51(68)45(34)62)54(71)56(73)55(72)39(31)53(70)52(69)37(30)48(65)42(27)59/h1-17H,57-73H2. The maximum absolute atomic E-state index is 2.45. The van der Waals surface area contributed by atoms with Crippen LogP contribution in [-0.2, 0) is 0 Å². The van der Waals surface area contributed by atoms with E-state index in [-0.39, 0.29) is 0 Å². The number of rotatable bonds is 5. The zero-order valence-corrected chi connectivity index (χ0v) is 46.3. The summed E-state index contributed by atoms with van der Waals surface area (Å²) in [7, 11) is 40.1. The van der Waals surface area contributed by atoms with Gasteiger partial charge in [-0.3, -0.25) is 0 Å². The number of benzene rings is 12. The lowest BCUT2D eigenvalue weighted by molar-refractivity contribution is 1.59. The zero-order chi connectivity index (χ0) is 51.5. The lowest BCUT2D eigenvalue weighted by Gasteiger charge is -2.29. The quantitative estimate of drug-likeness (QED) is 0.119. The van der Waals surface area contributed by atoms with Crippen molar-refractivity contribution < 1.29 is 0 Å². The summed E-state index contributed by atoms with van der Waals surface area (Å²) in [6.07, 6.45) is 0. The van der Waals surface area contributed by atoms with Crippen LogP contribution in [-0.4, -0.2) is 133 Å². The van der Waals surface area contributed by atoms with Crippen LogP contribution in [0.1, 0.15) is 0 Å². The van der Waals surface area contributed by atoms with E-state index < -0.39 is 0 Å². The molecular weight excluding hydrogens is 856 g/mol. The Balaban J connectivity index is 0.999. The molecule has 0 aromatic heterocycles. The van der Waals surface area contributed by atoms with Crippen molar-refractivity contribution in [3.8, 4) is 55.6 Å². The van der Waals surface area contributed by atoms with Crippen molar-refractivity contribution >= 4 is 291 Å². The van der Waals surface area contributed by atoms with Gasteiger partial charge in [0.25, 0.3) is 0 Å². The molecular formula is C56H51B17. The molecule has 0 atom stereocenters. The van der Waals surface area contributed by atoms with Crippen molar-refractivity contribution in [2.75, 3.05) is 0 Å². The molecule has 0 radical (unpaired) electrons. The van der Waals surface area contributed by atoms with Crippen LogP contribution in [0.2, 0.25) is 0 Å². The summed E-state index contributed by atoms with van der Waals surface area (Å²) in [5.74, 6) is 0. The normalized spacial score (nSPS) is 11.9. The van der Waals surface area contributed by atoms with Gasteiger partial charge in [0.15, 0.2) is 0 Å². The van der Waals surface area contributed by atoms with E-state index in [1.807, 2.05) is 0 Å². The second-order valence-corrected chi connectivity index (χ2v) is 22.4. The molecule has 12 aromatic carbocycles. The molecule has 0 spiro atoms. The molecule has 0 aliphatic carbocycles. The molecule has 0 fully saturated rings. The smallest absolute Gasteiger partial charge is 0.100 e. The molecule has 0 unspecified atom stereocenters. The van der Waals surface area contributed by atoms with Gasteiger partial charge >= 0.3 is 0 Å². The highest BCUT2D eigenvalue weighted by Crippen LogP contribution is 2.39. The Bertz CT molecular complexity index is 4410. The third-order valence-corrected chi connectivity index (χ3v) is 19.2. The van der Waals surface area contributed by atoms with Gasteiger partial charge < -0.3 is 0 Å². The molecule has 12 rings (SSSR count). The fourth-order valence-electron chi connectivity index (χ4n) is 14.4. The van der Waals surface area contributed by atoms with Crippen LogP contribution in [0.15, 0.2) is 103 Å². The predicted molar refractivity (Wildman–Crippen MR) is 380 cm³/mol. The number of hydrogen-bond acceptors (Lipinski definition) is 0. The molecule has 0 saturated heterocycles. The van der Waals surface area contributed by atoms with Gasteiger partial charge in [-0.05, 0) is 132 Å². The SMILES string of the molecule is Bc1c(B)c2c(B)c(B)c3c(B)c(B)c(-c4cccc(-c5ccc(-c6cccc(-c7c(B)c(B)c8c(B)c(B)c9c(-c%10ccccc%10)c(B)c(B)c%10c(B)c(B)c7c8c%109)c6)cc5)c4)c4c(B)c(B)c(c1B)c2c34. The largest absolute Gasteiger partial charge is 0.139 e. The summed E-state index contributed by atoms with van der Waals surface area (Å²) >= 11 is 0. The Labute approximate surface area is 446 Å². The third kappa shape index (κ3) is 6.45. The highest BCUT2D eigenvalue weighted by atomic mass is 14.3. The molecule has 0 nitrogen and oxygen atoms in total. The van der Waals surface area contributed by atoms with E-state index in [1.54, 1.807) is 0 Å². The summed E-state index contributed by atoms with van der Waals surface area (Å²) in [5.41, 5.74) is 36.6. The topological polar surface area (TPSA) is 0 Å². The van der Waals surface area contributed by atoms with E-state index in [0.29, 0.717) is 0 Å². The number of hydrogen-bond donors (Lipinski definition) is 0. The van der Waals surface area contributed by atoms with Gasteiger partial charge in [0.2, 0.25) is 0 Å². The Kier molecular flexibility index (Phi) is 11.1.